The SMILES string of the molecule is CCCCC(=O)N1CCN(C(=O)Cc2cccc(C)c2)CC1. The van der Waals surface area contributed by atoms with Gasteiger partial charge < -0.3 is 9.80 Å². The van der Waals surface area contributed by atoms with Crippen LogP contribution in [0.3, 0.4) is 0 Å². The quantitative estimate of drug-likeness (QED) is 0.838. The second-order valence-electron chi connectivity index (χ2n) is 6.03. The normalized spacial score (nSPS) is 15.0. The number of carbonyl (C=O) groups is 2. The third-order valence-electron chi connectivity index (χ3n) is 4.17. The van der Waals surface area contributed by atoms with Crippen molar-refractivity contribution in [2.24, 2.45) is 0 Å². The molecule has 1 heterocycles. The summed E-state index contributed by atoms with van der Waals surface area (Å²) >= 11 is 0. The minimum Gasteiger partial charge on any atom is -0.339 e. The Hall–Kier alpha value is -1.84. The summed E-state index contributed by atoms with van der Waals surface area (Å²) in [4.78, 5) is 28.1. The van der Waals surface area contributed by atoms with E-state index in [-0.39, 0.29) is 11.8 Å². The molecule has 0 aliphatic carbocycles. The molecule has 1 aliphatic heterocycles. The molecule has 2 amide bonds. The summed E-state index contributed by atoms with van der Waals surface area (Å²) in [7, 11) is 0. The molecule has 0 bridgehead atoms. The highest BCUT2D eigenvalue weighted by Gasteiger charge is 2.23. The minimum absolute atomic E-state index is 0.159. The average Bonchev–Trinajstić information content (AvgIpc) is 2.52. The van der Waals surface area contributed by atoms with Crippen LogP contribution in [-0.2, 0) is 16.0 Å². The molecule has 0 atom stereocenters. The molecule has 4 nitrogen and oxygen atoms in total. The van der Waals surface area contributed by atoms with Crippen LogP contribution in [0.15, 0.2) is 24.3 Å². The van der Waals surface area contributed by atoms with E-state index in [0.29, 0.717) is 39.0 Å². The Bertz CT molecular complexity index is 520. The van der Waals surface area contributed by atoms with Crippen LogP contribution in [-0.4, -0.2) is 47.8 Å². The Kier molecular flexibility index (Phi) is 5.99. The number of unbranched alkanes of at least 4 members (excludes halogenated alkanes) is 1. The van der Waals surface area contributed by atoms with E-state index in [9.17, 15) is 9.59 Å². The van der Waals surface area contributed by atoms with Crippen molar-refractivity contribution in [3.05, 3.63) is 35.4 Å². The van der Waals surface area contributed by atoms with Gasteiger partial charge in [0.1, 0.15) is 0 Å². The van der Waals surface area contributed by atoms with Gasteiger partial charge in [0.25, 0.3) is 0 Å². The van der Waals surface area contributed by atoms with Crippen molar-refractivity contribution in [2.75, 3.05) is 26.2 Å². The highest BCUT2D eigenvalue weighted by Crippen LogP contribution is 2.10. The Morgan fingerprint density at radius 1 is 1.05 bits per heavy atom. The van der Waals surface area contributed by atoms with E-state index in [1.807, 2.05) is 34.9 Å². The predicted octanol–water partition coefficient (Wildman–Crippen LogP) is 2.40. The van der Waals surface area contributed by atoms with Gasteiger partial charge in [-0.15, -0.1) is 0 Å². The fourth-order valence-electron chi connectivity index (χ4n) is 2.80. The molecule has 0 spiro atoms. The van der Waals surface area contributed by atoms with Crippen molar-refractivity contribution < 1.29 is 9.59 Å². The summed E-state index contributed by atoms with van der Waals surface area (Å²) in [6.45, 7) is 6.78. The molecule has 120 valence electrons. The summed E-state index contributed by atoms with van der Waals surface area (Å²) in [6.07, 6.45) is 3.07. The lowest BCUT2D eigenvalue weighted by Crippen LogP contribution is -2.50. The van der Waals surface area contributed by atoms with E-state index in [1.54, 1.807) is 0 Å². The first kappa shape index (κ1) is 16.5. The highest BCUT2D eigenvalue weighted by molar-refractivity contribution is 5.80. The lowest BCUT2D eigenvalue weighted by atomic mass is 10.1. The van der Waals surface area contributed by atoms with Gasteiger partial charge in [0.15, 0.2) is 0 Å². The van der Waals surface area contributed by atoms with Gasteiger partial charge in [0.05, 0.1) is 6.42 Å². The molecular weight excluding hydrogens is 276 g/mol. The lowest BCUT2D eigenvalue weighted by Gasteiger charge is -2.35. The number of amides is 2. The zero-order valence-electron chi connectivity index (χ0n) is 13.7. The van der Waals surface area contributed by atoms with Gasteiger partial charge in [-0.25, -0.2) is 0 Å². The molecule has 0 N–H and O–H groups in total. The fraction of sp³-hybridized carbons (Fsp3) is 0.556. The topological polar surface area (TPSA) is 40.6 Å². The van der Waals surface area contributed by atoms with Gasteiger partial charge >= 0.3 is 0 Å². The minimum atomic E-state index is 0.159. The molecule has 0 unspecified atom stereocenters. The smallest absolute Gasteiger partial charge is 0.227 e. The first-order chi connectivity index (χ1) is 10.6. The summed E-state index contributed by atoms with van der Waals surface area (Å²) in [5.74, 6) is 0.388. The first-order valence-electron chi connectivity index (χ1n) is 8.21. The Balaban J connectivity index is 1.81. The summed E-state index contributed by atoms with van der Waals surface area (Å²) in [6, 6.07) is 8.08. The maximum absolute atomic E-state index is 12.3. The number of piperazine rings is 1. The van der Waals surface area contributed by atoms with Crippen molar-refractivity contribution in [1.29, 1.82) is 0 Å². The number of hydrogen-bond acceptors (Lipinski definition) is 2. The Labute approximate surface area is 133 Å². The number of hydrogen-bond donors (Lipinski definition) is 0. The summed E-state index contributed by atoms with van der Waals surface area (Å²) in [5, 5.41) is 0. The van der Waals surface area contributed by atoms with Crippen LogP contribution in [0.5, 0.6) is 0 Å². The average molecular weight is 302 g/mol. The predicted molar refractivity (Wildman–Crippen MR) is 87.6 cm³/mol. The molecule has 0 aromatic heterocycles. The third-order valence-corrected chi connectivity index (χ3v) is 4.17. The van der Waals surface area contributed by atoms with Gasteiger partial charge in [-0.3, -0.25) is 9.59 Å². The van der Waals surface area contributed by atoms with Crippen LogP contribution in [0.2, 0.25) is 0 Å². The van der Waals surface area contributed by atoms with Gasteiger partial charge in [0.2, 0.25) is 11.8 Å². The van der Waals surface area contributed by atoms with Crippen molar-refractivity contribution in [1.82, 2.24) is 9.80 Å². The first-order valence-corrected chi connectivity index (χ1v) is 8.21. The maximum Gasteiger partial charge on any atom is 0.227 e. The van der Waals surface area contributed by atoms with Gasteiger partial charge in [0, 0.05) is 32.6 Å². The van der Waals surface area contributed by atoms with Crippen molar-refractivity contribution in [3.63, 3.8) is 0 Å². The van der Waals surface area contributed by atoms with E-state index in [2.05, 4.69) is 13.0 Å². The van der Waals surface area contributed by atoms with Crippen LogP contribution < -0.4 is 0 Å². The standard InChI is InChI=1S/C18H26N2O2/c1-3-4-8-17(21)19-9-11-20(12-10-19)18(22)14-16-7-5-6-15(2)13-16/h5-7,13H,3-4,8-12,14H2,1-2H3. The molecule has 4 heteroatoms. The van der Waals surface area contributed by atoms with Crippen molar-refractivity contribution in [3.8, 4) is 0 Å². The number of benzene rings is 1. The zero-order chi connectivity index (χ0) is 15.9. The van der Waals surface area contributed by atoms with E-state index in [0.717, 1.165) is 18.4 Å². The van der Waals surface area contributed by atoms with Crippen LogP contribution in [0.25, 0.3) is 0 Å². The van der Waals surface area contributed by atoms with Gasteiger partial charge in [-0.05, 0) is 18.9 Å². The molecular formula is C18H26N2O2. The molecule has 1 aliphatic rings. The fourth-order valence-corrected chi connectivity index (χ4v) is 2.80. The Morgan fingerprint density at radius 3 is 2.27 bits per heavy atom. The van der Waals surface area contributed by atoms with E-state index < -0.39 is 0 Å². The second-order valence-corrected chi connectivity index (χ2v) is 6.03. The van der Waals surface area contributed by atoms with Crippen LogP contribution in [0.1, 0.15) is 37.3 Å². The molecule has 1 aromatic rings. The molecule has 1 saturated heterocycles. The van der Waals surface area contributed by atoms with Crippen molar-refractivity contribution >= 4 is 11.8 Å². The van der Waals surface area contributed by atoms with Crippen LogP contribution in [0.4, 0.5) is 0 Å². The zero-order valence-corrected chi connectivity index (χ0v) is 13.7. The number of rotatable bonds is 5. The molecule has 2 rings (SSSR count). The largest absolute Gasteiger partial charge is 0.339 e. The molecule has 0 radical (unpaired) electrons. The molecule has 0 saturated carbocycles. The van der Waals surface area contributed by atoms with Crippen LogP contribution >= 0.6 is 0 Å². The van der Waals surface area contributed by atoms with E-state index >= 15 is 0 Å². The van der Waals surface area contributed by atoms with Crippen LogP contribution in [0, 0.1) is 6.92 Å². The van der Waals surface area contributed by atoms with Gasteiger partial charge in [-0.2, -0.15) is 0 Å². The Morgan fingerprint density at radius 2 is 1.68 bits per heavy atom. The summed E-state index contributed by atoms with van der Waals surface area (Å²) in [5.41, 5.74) is 2.24. The molecule has 1 fully saturated rings. The number of nitrogens with zero attached hydrogens (tertiary/aromatic N) is 2. The summed E-state index contributed by atoms with van der Waals surface area (Å²) < 4.78 is 0. The van der Waals surface area contributed by atoms with E-state index in [1.165, 1.54) is 5.56 Å². The maximum atomic E-state index is 12.3. The lowest BCUT2D eigenvalue weighted by molar-refractivity contribution is -0.139. The van der Waals surface area contributed by atoms with Crippen molar-refractivity contribution in [2.45, 2.75) is 39.5 Å². The number of carbonyl (C=O) groups excluding carboxylic acids is 2. The third kappa shape index (κ3) is 4.58. The molecule has 22 heavy (non-hydrogen) atoms. The van der Waals surface area contributed by atoms with Gasteiger partial charge in [-0.1, -0.05) is 43.2 Å². The number of aryl methyl sites for hydroxylation is 1. The monoisotopic (exact) mass is 302 g/mol. The highest BCUT2D eigenvalue weighted by atomic mass is 16.2. The molecule has 1 aromatic carbocycles. The van der Waals surface area contributed by atoms with E-state index in [4.69, 9.17) is 0 Å². The second kappa shape index (κ2) is 7.97.